The van der Waals surface area contributed by atoms with Crippen LogP contribution in [-0.4, -0.2) is 41.0 Å². The molecule has 0 aliphatic carbocycles. The molecule has 0 saturated carbocycles. The van der Waals surface area contributed by atoms with Crippen LogP contribution in [0.1, 0.15) is 69.3 Å². The van der Waals surface area contributed by atoms with E-state index < -0.39 is 35.6 Å². The molecule has 2 N–H and O–H groups in total. The Labute approximate surface area is 236 Å². The van der Waals surface area contributed by atoms with E-state index in [9.17, 15) is 19.6 Å². The number of carbonyl (C=O) groups excluding carboxylic acids is 3. The van der Waals surface area contributed by atoms with Crippen LogP contribution in [0.25, 0.3) is 0 Å². The fraction of sp³-hybridized carbons (Fsp3) is 0.467. The quantitative estimate of drug-likeness (QED) is 0.356. The monoisotopic (exact) mass is 554 g/mol. The van der Waals surface area contributed by atoms with Gasteiger partial charge < -0.3 is 20.3 Å². The molecule has 210 valence electrons. The standard InChI is InChI=1S/C30H39ClN4O4/c1-9-18(2)25(34-29(38)39-30(6,7)8)28(37)35(16-15-32)26(22-14-13-19(3)21(5)17-22)27(36)33-24-20(4)11-10-12-23(24)31/h10-14,17-18,25-26H,9,16H2,1-8H3,(H,33,36)(H,34,38). The summed E-state index contributed by atoms with van der Waals surface area (Å²) >= 11 is 6.39. The molecule has 0 aliphatic rings. The number of halogens is 1. The molecular weight excluding hydrogens is 516 g/mol. The summed E-state index contributed by atoms with van der Waals surface area (Å²) in [6.45, 7) is 14.2. The van der Waals surface area contributed by atoms with Crippen molar-refractivity contribution in [3.63, 3.8) is 0 Å². The van der Waals surface area contributed by atoms with E-state index in [0.29, 0.717) is 22.7 Å². The fourth-order valence-corrected chi connectivity index (χ4v) is 4.33. The summed E-state index contributed by atoms with van der Waals surface area (Å²) in [4.78, 5) is 41.9. The molecule has 2 rings (SSSR count). The number of hydrogen-bond donors (Lipinski definition) is 2. The lowest BCUT2D eigenvalue weighted by Gasteiger charge is -2.35. The lowest BCUT2D eigenvalue weighted by molar-refractivity contribution is -0.141. The number of alkyl carbamates (subject to hydrolysis) is 1. The Bertz CT molecular complexity index is 1230. The first kappa shape index (κ1) is 31.6. The highest BCUT2D eigenvalue weighted by atomic mass is 35.5. The zero-order valence-electron chi connectivity index (χ0n) is 24.0. The fourth-order valence-electron chi connectivity index (χ4n) is 4.06. The highest BCUT2D eigenvalue weighted by molar-refractivity contribution is 6.34. The van der Waals surface area contributed by atoms with Gasteiger partial charge >= 0.3 is 6.09 Å². The van der Waals surface area contributed by atoms with Crippen LogP contribution >= 0.6 is 11.6 Å². The maximum absolute atomic E-state index is 14.1. The van der Waals surface area contributed by atoms with Crippen LogP contribution < -0.4 is 10.6 Å². The van der Waals surface area contributed by atoms with Crippen LogP contribution in [-0.2, 0) is 14.3 Å². The maximum atomic E-state index is 14.1. The van der Waals surface area contributed by atoms with Gasteiger partial charge in [0, 0.05) is 0 Å². The Kier molecular flexibility index (Phi) is 10.9. The van der Waals surface area contributed by atoms with E-state index in [1.807, 2.05) is 58.9 Å². The van der Waals surface area contributed by atoms with E-state index in [1.54, 1.807) is 39.0 Å². The number of ether oxygens (including phenoxy) is 1. The minimum atomic E-state index is -1.17. The average Bonchev–Trinajstić information content (AvgIpc) is 2.84. The van der Waals surface area contributed by atoms with Crippen molar-refractivity contribution in [1.82, 2.24) is 10.2 Å². The molecule has 3 unspecified atom stereocenters. The van der Waals surface area contributed by atoms with Gasteiger partial charge in [-0.05, 0) is 75.8 Å². The van der Waals surface area contributed by atoms with Gasteiger partial charge in [-0.2, -0.15) is 5.26 Å². The number of carbonyl (C=O) groups is 3. The molecule has 0 spiro atoms. The molecule has 0 bridgehead atoms. The number of nitriles is 1. The Balaban J connectivity index is 2.61. The van der Waals surface area contributed by atoms with Gasteiger partial charge in [-0.25, -0.2) is 4.79 Å². The van der Waals surface area contributed by atoms with Crippen molar-refractivity contribution in [2.45, 2.75) is 79.5 Å². The molecule has 0 saturated heterocycles. The maximum Gasteiger partial charge on any atom is 0.408 e. The van der Waals surface area contributed by atoms with E-state index >= 15 is 0 Å². The highest BCUT2D eigenvalue weighted by Crippen LogP contribution is 2.30. The second-order valence-electron chi connectivity index (χ2n) is 10.8. The Morgan fingerprint density at radius 1 is 1.08 bits per heavy atom. The molecule has 0 fully saturated rings. The molecular formula is C30H39ClN4O4. The first-order valence-corrected chi connectivity index (χ1v) is 13.4. The zero-order valence-corrected chi connectivity index (χ0v) is 24.8. The summed E-state index contributed by atoms with van der Waals surface area (Å²) in [5.74, 6) is -1.40. The molecule has 0 aromatic heterocycles. The van der Waals surface area contributed by atoms with Crippen LogP contribution in [0, 0.1) is 38.0 Å². The van der Waals surface area contributed by atoms with Crippen molar-refractivity contribution in [1.29, 1.82) is 5.26 Å². The van der Waals surface area contributed by atoms with E-state index in [2.05, 4.69) is 10.6 Å². The SMILES string of the molecule is CCC(C)C(NC(=O)OC(C)(C)C)C(=O)N(CC#N)C(C(=O)Nc1c(C)cccc1Cl)c1ccc(C)c(C)c1. The predicted octanol–water partition coefficient (Wildman–Crippen LogP) is 6.24. The summed E-state index contributed by atoms with van der Waals surface area (Å²) in [5, 5.41) is 15.6. The van der Waals surface area contributed by atoms with Crippen molar-refractivity contribution >= 4 is 35.2 Å². The number of nitrogens with zero attached hydrogens (tertiary/aromatic N) is 2. The minimum Gasteiger partial charge on any atom is -0.444 e. The summed E-state index contributed by atoms with van der Waals surface area (Å²) in [7, 11) is 0. The van der Waals surface area contributed by atoms with Crippen LogP contribution in [0.15, 0.2) is 36.4 Å². The molecule has 39 heavy (non-hydrogen) atoms. The molecule has 3 amide bonds. The van der Waals surface area contributed by atoms with Crippen molar-refractivity contribution in [2.75, 3.05) is 11.9 Å². The van der Waals surface area contributed by atoms with Crippen molar-refractivity contribution in [3.05, 3.63) is 63.7 Å². The summed E-state index contributed by atoms with van der Waals surface area (Å²) in [6.07, 6.45) is -0.191. The normalized spacial score (nSPS) is 13.4. The third kappa shape index (κ3) is 8.46. The first-order chi connectivity index (χ1) is 18.2. The lowest BCUT2D eigenvalue weighted by Crippen LogP contribution is -2.54. The van der Waals surface area contributed by atoms with Crippen molar-refractivity contribution in [2.24, 2.45) is 5.92 Å². The summed E-state index contributed by atoms with van der Waals surface area (Å²) < 4.78 is 5.40. The van der Waals surface area contributed by atoms with E-state index in [0.717, 1.165) is 16.7 Å². The molecule has 9 heteroatoms. The van der Waals surface area contributed by atoms with Gasteiger partial charge in [-0.3, -0.25) is 9.59 Å². The van der Waals surface area contributed by atoms with Gasteiger partial charge in [0.1, 0.15) is 24.2 Å². The Morgan fingerprint density at radius 3 is 2.28 bits per heavy atom. The van der Waals surface area contributed by atoms with Crippen molar-refractivity contribution in [3.8, 4) is 6.07 Å². The number of anilines is 1. The van der Waals surface area contributed by atoms with E-state index in [4.69, 9.17) is 16.3 Å². The lowest BCUT2D eigenvalue weighted by atomic mass is 9.94. The zero-order chi connectivity index (χ0) is 29.5. The number of hydrogen-bond acceptors (Lipinski definition) is 5. The topological polar surface area (TPSA) is 112 Å². The Hall–Kier alpha value is -3.57. The number of amides is 3. The van der Waals surface area contributed by atoms with Gasteiger partial charge in [0.25, 0.3) is 5.91 Å². The summed E-state index contributed by atoms with van der Waals surface area (Å²) in [6, 6.07) is 10.5. The number of rotatable bonds is 9. The van der Waals surface area contributed by atoms with Crippen LogP contribution in [0.4, 0.5) is 10.5 Å². The number of aryl methyl sites for hydroxylation is 3. The molecule has 3 atom stereocenters. The largest absolute Gasteiger partial charge is 0.444 e. The second kappa shape index (κ2) is 13.5. The minimum absolute atomic E-state index is 0.305. The molecule has 2 aromatic rings. The molecule has 0 aliphatic heterocycles. The average molecular weight is 555 g/mol. The first-order valence-electron chi connectivity index (χ1n) is 13.0. The summed E-state index contributed by atoms with van der Waals surface area (Å²) in [5.41, 5.74) is 2.87. The second-order valence-corrected chi connectivity index (χ2v) is 11.2. The number of nitrogens with one attached hydrogen (secondary N) is 2. The Morgan fingerprint density at radius 2 is 1.74 bits per heavy atom. The molecule has 8 nitrogen and oxygen atoms in total. The number of benzene rings is 2. The molecule has 0 radical (unpaired) electrons. The predicted molar refractivity (Wildman–Crippen MR) is 153 cm³/mol. The molecule has 2 aromatic carbocycles. The van der Waals surface area contributed by atoms with Gasteiger partial charge in [0.15, 0.2) is 0 Å². The van der Waals surface area contributed by atoms with Crippen LogP contribution in [0.3, 0.4) is 0 Å². The van der Waals surface area contributed by atoms with Crippen LogP contribution in [0.5, 0.6) is 0 Å². The van der Waals surface area contributed by atoms with E-state index in [1.165, 1.54) is 4.90 Å². The van der Waals surface area contributed by atoms with Gasteiger partial charge in [-0.15, -0.1) is 0 Å². The van der Waals surface area contributed by atoms with Crippen molar-refractivity contribution < 1.29 is 19.1 Å². The molecule has 0 heterocycles. The third-order valence-electron chi connectivity index (χ3n) is 6.55. The highest BCUT2D eigenvalue weighted by Gasteiger charge is 2.38. The van der Waals surface area contributed by atoms with Gasteiger partial charge in [0.05, 0.1) is 16.8 Å². The smallest absolute Gasteiger partial charge is 0.408 e. The van der Waals surface area contributed by atoms with E-state index in [-0.39, 0.29) is 12.5 Å². The van der Waals surface area contributed by atoms with Gasteiger partial charge in [-0.1, -0.05) is 62.2 Å². The van der Waals surface area contributed by atoms with Gasteiger partial charge in [0.2, 0.25) is 5.91 Å². The third-order valence-corrected chi connectivity index (χ3v) is 6.87. The number of para-hydroxylation sites is 1. The van der Waals surface area contributed by atoms with Crippen LogP contribution in [0.2, 0.25) is 5.02 Å².